The van der Waals surface area contributed by atoms with Gasteiger partial charge in [-0.1, -0.05) is 0 Å². The van der Waals surface area contributed by atoms with Crippen LogP contribution in [0.1, 0.15) is 13.3 Å². The number of aromatic nitrogens is 1. The van der Waals surface area contributed by atoms with Crippen molar-refractivity contribution in [1.29, 1.82) is 0 Å². The first kappa shape index (κ1) is 15.7. The highest BCUT2D eigenvalue weighted by Gasteiger charge is 2.24. The van der Waals surface area contributed by atoms with Crippen molar-refractivity contribution >= 4 is 38.0 Å². The fourth-order valence-corrected chi connectivity index (χ4v) is 3.66. The zero-order valence-electron chi connectivity index (χ0n) is 11.2. The maximum Gasteiger partial charge on any atom is 0.270 e. The number of benzene rings is 1. The first-order valence-corrected chi connectivity index (χ1v) is 8.29. The lowest BCUT2D eigenvalue weighted by Gasteiger charge is -2.11. The highest BCUT2D eigenvalue weighted by molar-refractivity contribution is 7.92. The Labute approximate surface area is 126 Å². The molecule has 21 heavy (non-hydrogen) atoms. The molecule has 2 rings (SSSR count). The Bertz CT molecular complexity index is 792. The summed E-state index contributed by atoms with van der Waals surface area (Å²) in [7, 11) is -3.55. The number of hydrogen-bond acceptors (Lipinski definition) is 5. The Morgan fingerprint density at radius 3 is 2.67 bits per heavy atom. The molecule has 0 spiro atoms. The summed E-state index contributed by atoms with van der Waals surface area (Å²) in [6, 6.07) is 7.00. The van der Waals surface area contributed by atoms with Crippen LogP contribution in [-0.2, 0) is 9.84 Å². The Morgan fingerprint density at radius 1 is 1.33 bits per heavy atom. The summed E-state index contributed by atoms with van der Waals surface area (Å²) in [5.74, 6) is 0.250. The number of pyridine rings is 1. The Kier molecular flexibility index (Phi) is 4.43. The smallest absolute Gasteiger partial charge is 0.258 e. The van der Waals surface area contributed by atoms with Crippen molar-refractivity contribution in [2.45, 2.75) is 23.6 Å². The van der Waals surface area contributed by atoms with Gasteiger partial charge in [0.1, 0.15) is 0 Å². The third-order valence-electron chi connectivity index (χ3n) is 3.19. The van der Waals surface area contributed by atoms with Crippen LogP contribution in [-0.4, -0.2) is 29.5 Å². The molecular formula is C13H13ClN2O4S. The van der Waals surface area contributed by atoms with E-state index in [1.165, 1.54) is 30.3 Å². The van der Waals surface area contributed by atoms with Crippen molar-refractivity contribution in [2.75, 3.05) is 5.88 Å². The van der Waals surface area contributed by atoms with E-state index in [1.54, 1.807) is 6.92 Å². The quantitative estimate of drug-likeness (QED) is 0.478. The number of nitrogens with zero attached hydrogens (tertiary/aromatic N) is 2. The average Bonchev–Trinajstić information content (AvgIpc) is 2.46. The molecule has 1 aromatic heterocycles. The molecule has 0 aliphatic heterocycles. The van der Waals surface area contributed by atoms with E-state index in [1.807, 2.05) is 0 Å². The van der Waals surface area contributed by atoms with Crippen molar-refractivity contribution in [1.82, 2.24) is 4.98 Å². The van der Waals surface area contributed by atoms with Gasteiger partial charge in [0.25, 0.3) is 5.69 Å². The number of alkyl halides is 1. The maximum atomic E-state index is 12.3. The van der Waals surface area contributed by atoms with Crippen LogP contribution in [0.15, 0.2) is 35.4 Å². The fourth-order valence-electron chi connectivity index (χ4n) is 1.88. The van der Waals surface area contributed by atoms with E-state index >= 15 is 0 Å². The second kappa shape index (κ2) is 5.95. The first-order valence-electron chi connectivity index (χ1n) is 6.21. The van der Waals surface area contributed by atoms with Crippen molar-refractivity contribution in [3.05, 3.63) is 40.4 Å². The lowest BCUT2D eigenvalue weighted by Crippen LogP contribution is -2.19. The van der Waals surface area contributed by atoms with Gasteiger partial charge in [0.2, 0.25) is 0 Å². The summed E-state index contributed by atoms with van der Waals surface area (Å²) in [5.41, 5.74) is 0.343. The minimum Gasteiger partial charge on any atom is -0.258 e. The molecule has 0 aliphatic carbocycles. The van der Waals surface area contributed by atoms with Crippen LogP contribution in [0.2, 0.25) is 0 Å². The van der Waals surface area contributed by atoms with Gasteiger partial charge in [0, 0.05) is 23.4 Å². The molecule has 1 unspecified atom stereocenters. The third-order valence-corrected chi connectivity index (χ3v) is 5.52. The molecule has 1 heterocycles. The van der Waals surface area contributed by atoms with E-state index in [0.717, 1.165) is 0 Å². The molecule has 0 aliphatic rings. The van der Waals surface area contributed by atoms with Gasteiger partial charge in [-0.25, -0.2) is 13.4 Å². The summed E-state index contributed by atoms with van der Waals surface area (Å²) < 4.78 is 24.6. The van der Waals surface area contributed by atoms with Crippen molar-refractivity contribution in [2.24, 2.45) is 0 Å². The number of non-ortho nitro benzene ring substituents is 1. The van der Waals surface area contributed by atoms with Crippen LogP contribution in [0.5, 0.6) is 0 Å². The van der Waals surface area contributed by atoms with Gasteiger partial charge in [-0.15, -0.1) is 11.6 Å². The predicted octanol–water partition coefficient (Wildman–Crippen LogP) is 2.93. The highest BCUT2D eigenvalue weighted by Crippen LogP contribution is 2.23. The second-order valence-electron chi connectivity index (χ2n) is 4.62. The van der Waals surface area contributed by atoms with Crippen LogP contribution in [0.3, 0.4) is 0 Å². The van der Waals surface area contributed by atoms with Crippen molar-refractivity contribution < 1.29 is 13.3 Å². The maximum absolute atomic E-state index is 12.3. The molecule has 0 fully saturated rings. The minimum atomic E-state index is -3.55. The molecule has 112 valence electrons. The molecule has 0 saturated carbocycles. The Morgan fingerprint density at radius 2 is 2.05 bits per heavy atom. The lowest BCUT2D eigenvalue weighted by molar-refractivity contribution is -0.384. The molecule has 0 amide bonds. The molecule has 0 saturated heterocycles. The zero-order valence-corrected chi connectivity index (χ0v) is 12.8. The molecule has 6 nitrogen and oxygen atoms in total. The summed E-state index contributed by atoms with van der Waals surface area (Å²) in [6.07, 6.45) is 0.337. The SMILES string of the molecule is CC(CCCl)S(=O)(=O)c1ccc2cc([N+](=O)[O-])ccc2n1. The number of hydrogen-bond donors (Lipinski definition) is 0. The largest absolute Gasteiger partial charge is 0.270 e. The van der Waals surface area contributed by atoms with Crippen LogP contribution in [0, 0.1) is 10.1 Å². The number of nitro benzene ring substituents is 1. The standard InChI is InChI=1S/C13H13ClN2O4S/c1-9(6-7-14)21(19,20)13-5-2-10-8-11(16(17)18)3-4-12(10)15-13/h2-5,8-9H,6-7H2,1H3. The number of sulfone groups is 1. The van der Waals surface area contributed by atoms with Crippen LogP contribution in [0.25, 0.3) is 10.9 Å². The molecule has 2 aromatic rings. The third kappa shape index (κ3) is 3.14. The number of rotatable bonds is 5. The molecule has 0 radical (unpaired) electrons. The summed E-state index contributed by atoms with van der Waals surface area (Å²) in [5, 5.41) is 10.6. The van der Waals surface area contributed by atoms with Crippen LogP contribution in [0.4, 0.5) is 5.69 Å². The summed E-state index contributed by atoms with van der Waals surface area (Å²) in [6.45, 7) is 1.58. The molecule has 0 N–H and O–H groups in total. The van der Waals surface area contributed by atoms with Gasteiger partial charge < -0.3 is 0 Å². The Hall–Kier alpha value is -1.73. The second-order valence-corrected chi connectivity index (χ2v) is 7.31. The van der Waals surface area contributed by atoms with Gasteiger partial charge >= 0.3 is 0 Å². The number of nitro groups is 1. The summed E-state index contributed by atoms with van der Waals surface area (Å²) in [4.78, 5) is 14.3. The van der Waals surface area contributed by atoms with E-state index in [4.69, 9.17) is 11.6 Å². The van der Waals surface area contributed by atoms with Crippen LogP contribution < -0.4 is 0 Å². The Balaban J connectivity index is 2.49. The normalized spacial score (nSPS) is 13.2. The van der Waals surface area contributed by atoms with E-state index < -0.39 is 20.0 Å². The molecule has 1 atom stereocenters. The molecule has 8 heteroatoms. The summed E-state index contributed by atoms with van der Waals surface area (Å²) >= 11 is 5.58. The van der Waals surface area contributed by atoms with Gasteiger partial charge in [-0.2, -0.15) is 0 Å². The van der Waals surface area contributed by atoms with Gasteiger partial charge in [0.15, 0.2) is 14.9 Å². The average molecular weight is 329 g/mol. The fraction of sp³-hybridized carbons (Fsp3) is 0.308. The molecule has 1 aromatic carbocycles. The monoisotopic (exact) mass is 328 g/mol. The first-order chi connectivity index (χ1) is 9.86. The van der Waals surface area contributed by atoms with E-state index in [-0.39, 0.29) is 16.6 Å². The van der Waals surface area contributed by atoms with Gasteiger partial charge in [-0.3, -0.25) is 10.1 Å². The van der Waals surface area contributed by atoms with Gasteiger partial charge in [0.05, 0.1) is 15.7 Å². The van der Waals surface area contributed by atoms with Crippen molar-refractivity contribution in [3.8, 4) is 0 Å². The predicted molar refractivity (Wildman–Crippen MR) is 80.4 cm³/mol. The topological polar surface area (TPSA) is 90.2 Å². The van der Waals surface area contributed by atoms with Crippen molar-refractivity contribution in [3.63, 3.8) is 0 Å². The minimum absolute atomic E-state index is 0.0403. The number of fused-ring (bicyclic) bond motifs is 1. The zero-order chi connectivity index (χ0) is 15.6. The molecule has 0 bridgehead atoms. The van der Waals surface area contributed by atoms with Crippen LogP contribution >= 0.6 is 11.6 Å². The van der Waals surface area contributed by atoms with E-state index in [2.05, 4.69) is 4.98 Å². The van der Waals surface area contributed by atoms with E-state index in [0.29, 0.717) is 17.3 Å². The lowest BCUT2D eigenvalue weighted by atomic mass is 10.2. The van der Waals surface area contributed by atoms with E-state index in [9.17, 15) is 18.5 Å². The number of halogens is 1. The molecular weight excluding hydrogens is 316 g/mol. The highest BCUT2D eigenvalue weighted by atomic mass is 35.5. The van der Waals surface area contributed by atoms with Gasteiger partial charge in [-0.05, 0) is 31.5 Å².